The van der Waals surface area contributed by atoms with E-state index in [0.29, 0.717) is 5.69 Å². The Morgan fingerprint density at radius 1 is 0.971 bits per heavy atom. The zero-order valence-corrected chi connectivity index (χ0v) is 17.2. The summed E-state index contributed by atoms with van der Waals surface area (Å²) in [7, 11) is 0. The first-order valence-corrected chi connectivity index (χ1v) is 9.74. The van der Waals surface area contributed by atoms with Crippen LogP contribution >= 0.6 is 0 Å². The van der Waals surface area contributed by atoms with Gasteiger partial charge in [-0.05, 0) is 36.4 Å². The molecule has 9 nitrogen and oxygen atoms in total. The predicted octanol–water partition coefficient (Wildman–Crippen LogP) is 3.73. The number of nitrogens with zero attached hydrogens (tertiary/aromatic N) is 4. The molecule has 0 aliphatic rings. The Kier molecular flexibility index (Phi) is 6.30. The standard InChI is InChI=1S/C22H15F3N6O3/c23-22(24,25)14-2-1-3-15(8-14)30-21(33)19-9-16(31-34-19)11-27-20(32)18-10-17(28-12-29-18)13-4-6-26-7-5-13/h1-10,12H,11H2,(H,27,32)(H,30,33). The van der Waals surface area contributed by atoms with Crippen LogP contribution in [-0.2, 0) is 12.7 Å². The molecule has 0 spiro atoms. The van der Waals surface area contributed by atoms with Crippen molar-refractivity contribution in [3.8, 4) is 11.3 Å². The molecule has 12 heteroatoms. The zero-order chi connectivity index (χ0) is 24.1. The molecular weight excluding hydrogens is 453 g/mol. The molecule has 2 amide bonds. The number of halogens is 3. The quantitative estimate of drug-likeness (QED) is 0.442. The number of hydrogen-bond acceptors (Lipinski definition) is 7. The summed E-state index contributed by atoms with van der Waals surface area (Å²) < 4.78 is 43.4. The number of pyridine rings is 1. The van der Waals surface area contributed by atoms with Crippen molar-refractivity contribution in [1.29, 1.82) is 0 Å². The molecule has 0 fully saturated rings. The molecular formula is C22H15F3N6O3. The van der Waals surface area contributed by atoms with Crippen LogP contribution in [0, 0.1) is 0 Å². The van der Waals surface area contributed by atoms with Crippen LogP contribution in [0.5, 0.6) is 0 Å². The van der Waals surface area contributed by atoms with Crippen molar-refractivity contribution in [2.75, 3.05) is 5.32 Å². The summed E-state index contributed by atoms with van der Waals surface area (Å²) in [5.41, 5.74) is 0.693. The van der Waals surface area contributed by atoms with E-state index in [-0.39, 0.29) is 29.4 Å². The number of rotatable bonds is 6. The highest BCUT2D eigenvalue weighted by Crippen LogP contribution is 2.30. The number of nitrogens with one attached hydrogen (secondary N) is 2. The monoisotopic (exact) mass is 468 g/mol. The fourth-order valence-corrected chi connectivity index (χ4v) is 2.89. The van der Waals surface area contributed by atoms with Crippen molar-refractivity contribution >= 4 is 17.5 Å². The lowest BCUT2D eigenvalue weighted by molar-refractivity contribution is -0.137. The Hall–Kier alpha value is -4.61. The first-order chi connectivity index (χ1) is 16.3. The fraction of sp³-hybridized carbons (Fsp3) is 0.0909. The summed E-state index contributed by atoms with van der Waals surface area (Å²) in [6.07, 6.45) is -0.0802. The molecule has 34 heavy (non-hydrogen) atoms. The lowest BCUT2D eigenvalue weighted by Crippen LogP contribution is -2.24. The van der Waals surface area contributed by atoms with Gasteiger partial charge in [0, 0.05) is 29.7 Å². The van der Waals surface area contributed by atoms with Crippen LogP contribution in [0.4, 0.5) is 18.9 Å². The van der Waals surface area contributed by atoms with Crippen LogP contribution in [0.2, 0.25) is 0 Å². The van der Waals surface area contributed by atoms with Gasteiger partial charge in [0.1, 0.15) is 17.7 Å². The van der Waals surface area contributed by atoms with E-state index in [1.807, 2.05) is 0 Å². The average Bonchev–Trinajstić information content (AvgIpc) is 3.32. The van der Waals surface area contributed by atoms with Gasteiger partial charge in [-0.3, -0.25) is 14.6 Å². The summed E-state index contributed by atoms with van der Waals surface area (Å²) in [4.78, 5) is 36.8. The second-order valence-electron chi connectivity index (χ2n) is 6.92. The van der Waals surface area contributed by atoms with Gasteiger partial charge in [-0.1, -0.05) is 11.2 Å². The van der Waals surface area contributed by atoms with E-state index >= 15 is 0 Å². The third-order valence-corrected chi connectivity index (χ3v) is 4.54. The largest absolute Gasteiger partial charge is 0.416 e. The number of benzene rings is 1. The average molecular weight is 468 g/mol. The smallest absolute Gasteiger partial charge is 0.351 e. The van der Waals surface area contributed by atoms with Gasteiger partial charge in [0.15, 0.2) is 0 Å². The minimum absolute atomic E-state index is 0.0557. The second-order valence-corrected chi connectivity index (χ2v) is 6.92. The summed E-state index contributed by atoms with van der Waals surface area (Å²) in [6, 6.07) is 10.4. The van der Waals surface area contributed by atoms with Crippen molar-refractivity contribution in [3.63, 3.8) is 0 Å². The molecule has 3 heterocycles. The second kappa shape index (κ2) is 9.48. The number of anilines is 1. The SMILES string of the molecule is O=C(NCc1cc(C(=O)Nc2cccc(C(F)(F)F)c2)on1)c1cc(-c2ccncc2)ncn1. The van der Waals surface area contributed by atoms with E-state index in [1.54, 1.807) is 24.5 Å². The highest BCUT2D eigenvalue weighted by atomic mass is 19.4. The highest BCUT2D eigenvalue weighted by molar-refractivity contribution is 6.02. The van der Waals surface area contributed by atoms with Gasteiger partial charge in [-0.15, -0.1) is 0 Å². The number of aromatic nitrogens is 4. The molecule has 2 N–H and O–H groups in total. The topological polar surface area (TPSA) is 123 Å². The third kappa shape index (κ3) is 5.41. The normalized spacial score (nSPS) is 11.1. The number of hydrogen-bond donors (Lipinski definition) is 2. The Morgan fingerprint density at radius 2 is 1.76 bits per heavy atom. The van der Waals surface area contributed by atoms with Crippen molar-refractivity contribution in [2.24, 2.45) is 0 Å². The molecule has 0 bridgehead atoms. The molecule has 3 aromatic heterocycles. The molecule has 1 aromatic carbocycles. The molecule has 0 aliphatic carbocycles. The molecule has 0 saturated heterocycles. The molecule has 0 saturated carbocycles. The van der Waals surface area contributed by atoms with Gasteiger partial charge in [0.05, 0.1) is 17.8 Å². The maximum atomic E-state index is 12.8. The van der Waals surface area contributed by atoms with Crippen LogP contribution in [0.15, 0.2) is 71.8 Å². The first-order valence-electron chi connectivity index (χ1n) is 9.74. The van der Waals surface area contributed by atoms with E-state index in [4.69, 9.17) is 4.52 Å². The molecule has 0 atom stereocenters. The van der Waals surface area contributed by atoms with Crippen LogP contribution in [0.1, 0.15) is 32.3 Å². The molecule has 0 radical (unpaired) electrons. The number of alkyl halides is 3. The number of amides is 2. The van der Waals surface area contributed by atoms with E-state index in [0.717, 1.165) is 17.7 Å². The Morgan fingerprint density at radius 3 is 2.53 bits per heavy atom. The van der Waals surface area contributed by atoms with E-state index < -0.39 is 23.6 Å². The van der Waals surface area contributed by atoms with E-state index in [1.165, 1.54) is 30.6 Å². The predicted molar refractivity (Wildman–Crippen MR) is 112 cm³/mol. The summed E-state index contributed by atoms with van der Waals surface area (Å²) >= 11 is 0. The summed E-state index contributed by atoms with van der Waals surface area (Å²) in [6.45, 7) is -0.0756. The van der Waals surface area contributed by atoms with Crippen molar-refractivity contribution in [2.45, 2.75) is 12.7 Å². The first kappa shape index (κ1) is 22.6. The van der Waals surface area contributed by atoms with E-state index in [9.17, 15) is 22.8 Å². The lowest BCUT2D eigenvalue weighted by atomic mass is 10.1. The Balaban J connectivity index is 1.37. The van der Waals surface area contributed by atoms with Crippen LogP contribution in [-0.4, -0.2) is 31.9 Å². The Labute approximate surface area is 190 Å². The summed E-state index contributed by atoms with van der Waals surface area (Å²) in [5.74, 6) is -1.53. The molecule has 0 unspecified atom stereocenters. The summed E-state index contributed by atoms with van der Waals surface area (Å²) in [5, 5.41) is 8.61. The van der Waals surface area contributed by atoms with Crippen LogP contribution in [0.25, 0.3) is 11.3 Å². The van der Waals surface area contributed by atoms with Crippen LogP contribution < -0.4 is 10.6 Å². The third-order valence-electron chi connectivity index (χ3n) is 4.54. The minimum atomic E-state index is -4.54. The molecule has 4 rings (SSSR count). The highest BCUT2D eigenvalue weighted by Gasteiger charge is 2.30. The van der Waals surface area contributed by atoms with Crippen molar-refractivity contribution < 1.29 is 27.3 Å². The van der Waals surface area contributed by atoms with E-state index in [2.05, 4.69) is 30.7 Å². The van der Waals surface area contributed by atoms with Gasteiger partial charge in [-0.25, -0.2) is 9.97 Å². The van der Waals surface area contributed by atoms with Gasteiger partial charge in [0.25, 0.3) is 11.8 Å². The molecule has 4 aromatic rings. The number of carbonyl (C=O) groups is 2. The lowest BCUT2D eigenvalue weighted by Gasteiger charge is -2.08. The van der Waals surface area contributed by atoms with Crippen molar-refractivity contribution in [1.82, 2.24) is 25.4 Å². The fourth-order valence-electron chi connectivity index (χ4n) is 2.89. The maximum absolute atomic E-state index is 12.8. The minimum Gasteiger partial charge on any atom is -0.351 e. The zero-order valence-electron chi connectivity index (χ0n) is 17.2. The molecule has 0 aliphatic heterocycles. The van der Waals surface area contributed by atoms with Gasteiger partial charge < -0.3 is 15.2 Å². The maximum Gasteiger partial charge on any atom is 0.416 e. The number of carbonyl (C=O) groups excluding carboxylic acids is 2. The Bertz CT molecular complexity index is 1320. The van der Waals surface area contributed by atoms with Gasteiger partial charge >= 0.3 is 6.18 Å². The van der Waals surface area contributed by atoms with Gasteiger partial charge in [-0.2, -0.15) is 13.2 Å². The van der Waals surface area contributed by atoms with Crippen LogP contribution in [0.3, 0.4) is 0 Å². The van der Waals surface area contributed by atoms with Gasteiger partial charge in [0.2, 0.25) is 5.76 Å². The molecule has 172 valence electrons. The van der Waals surface area contributed by atoms with Crippen molar-refractivity contribution in [3.05, 3.63) is 90.0 Å².